The number of benzene rings is 1. The first-order chi connectivity index (χ1) is 12.6. The van der Waals surface area contributed by atoms with Crippen LogP contribution in [0.3, 0.4) is 0 Å². The summed E-state index contributed by atoms with van der Waals surface area (Å²) in [5, 5.41) is 8.23. The number of fused-ring (bicyclic) bond motifs is 1. The minimum Gasteiger partial charge on any atom is -0.501 e. The number of allylic oxidation sites excluding steroid dienone is 5. The Hall–Kier alpha value is -2.69. The first-order valence-corrected chi connectivity index (χ1v) is 8.79. The smallest absolute Gasteiger partial charge is 0.248 e. The Kier molecular flexibility index (Phi) is 5.66. The second-order valence-electron chi connectivity index (χ2n) is 6.58. The van der Waals surface area contributed by atoms with Crippen LogP contribution >= 0.6 is 0 Å². The van der Waals surface area contributed by atoms with Crippen molar-refractivity contribution in [2.24, 2.45) is 5.92 Å². The predicted octanol–water partition coefficient (Wildman–Crippen LogP) is 5.28. The van der Waals surface area contributed by atoms with Crippen LogP contribution in [0.15, 0.2) is 52.9 Å². The maximum atomic E-state index is 13.8. The van der Waals surface area contributed by atoms with Crippen molar-refractivity contribution in [3.63, 3.8) is 0 Å². The van der Waals surface area contributed by atoms with Crippen molar-refractivity contribution in [2.75, 3.05) is 7.11 Å². The van der Waals surface area contributed by atoms with Crippen molar-refractivity contribution >= 4 is 5.57 Å². The fourth-order valence-electron chi connectivity index (χ4n) is 3.18. The van der Waals surface area contributed by atoms with Gasteiger partial charge in [-0.1, -0.05) is 25.1 Å². The van der Waals surface area contributed by atoms with Crippen molar-refractivity contribution in [2.45, 2.75) is 33.1 Å². The molecule has 0 aliphatic heterocycles. The molecule has 0 fully saturated rings. The summed E-state index contributed by atoms with van der Waals surface area (Å²) in [4.78, 5) is 0. The van der Waals surface area contributed by atoms with Gasteiger partial charge in [0.1, 0.15) is 6.26 Å². The number of aromatic nitrogens is 2. The molecule has 0 saturated carbocycles. The van der Waals surface area contributed by atoms with E-state index in [1.807, 2.05) is 13.0 Å². The first-order valence-electron chi connectivity index (χ1n) is 8.79. The normalized spacial score (nSPS) is 18.2. The molecule has 0 spiro atoms. The maximum absolute atomic E-state index is 13.8. The SMILES string of the molecule is C\C=C/C(=C\C(F)=C\OC)c1nnc(-c2ccc3c(c2)CC(C)CC3)o1. The zero-order valence-electron chi connectivity index (χ0n) is 15.3. The van der Waals surface area contributed by atoms with Crippen LogP contribution in [0.5, 0.6) is 0 Å². The molecule has 1 aliphatic carbocycles. The molecule has 1 atom stereocenters. The first kappa shape index (κ1) is 18.1. The Morgan fingerprint density at radius 1 is 1.31 bits per heavy atom. The number of rotatable bonds is 5. The summed E-state index contributed by atoms with van der Waals surface area (Å²) >= 11 is 0. The highest BCUT2D eigenvalue weighted by atomic mass is 19.1. The van der Waals surface area contributed by atoms with Crippen molar-refractivity contribution < 1.29 is 13.5 Å². The molecule has 136 valence electrons. The highest BCUT2D eigenvalue weighted by molar-refractivity contribution is 5.71. The molecule has 0 amide bonds. The maximum Gasteiger partial charge on any atom is 0.248 e. The van der Waals surface area contributed by atoms with Gasteiger partial charge in [0.15, 0.2) is 5.83 Å². The lowest BCUT2D eigenvalue weighted by Crippen LogP contribution is -2.11. The van der Waals surface area contributed by atoms with Crippen LogP contribution in [0.2, 0.25) is 0 Å². The van der Waals surface area contributed by atoms with Crippen LogP contribution in [0.4, 0.5) is 4.39 Å². The molecule has 0 bridgehead atoms. The Morgan fingerprint density at radius 3 is 2.92 bits per heavy atom. The number of hydrogen-bond donors (Lipinski definition) is 0. The van der Waals surface area contributed by atoms with E-state index in [1.54, 1.807) is 12.2 Å². The number of halogens is 1. The molecule has 1 aromatic carbocycles. The molecular formula is C21H23FN2O2. The summed E-state index contributed by atoms with van der Waals surface area (Å²) in [6.45, 7) is 4.12. The molecule has 5 heteroatoms. The molecule has 0 N–H and O–H groups in total. The quantitative estimate of drug-likeness (QED) is 0.541. The van der Waals surface area contributed by atoms with Gasteiger partial charge in [0, 0.05) is 11.1 Å². The monoisotopic (exact) mass is 354 g/mol. The summed E-state index contributed by atoms with van der Waals surface area (Å²) in [6.07, 6.45) is 9.24. The number of methoxy groups -OCH3 is 1. The van der Waals surface area contributed by atoms with E-state index in [0.29, 0.717) is 17.4 Å². The standard InChI is InChI=1S/C21H23FN2O2/c1-4-5-16(12-19(22)13-25-3)20-23-24-21(26-20)17-9-8-15-7-6-14(2)10-18(15)11-17/h4-5,8-9,11-14H,6-7,10H2,1-3H3/b5-4-,16-12+,19-13-. The van der Waals surface area contributed by atoms with Crippen LogP contribution < -0.4 is 0 Å². The zero-order chi connectivity index (χ0) is 18.5. The van der Waals surface area contributed by atoms with Crippen molar-refractivity contribution in [1.82, 2.24) is 10.2 Å². The van der Waals surface area contributed by atoms with Crippen molar-refractivity contribution in [1.29, 1.82) is 0 Å². The fraction of sp³-hybridized carbons (Fsp3) is 0.333. The number of aryl methyl sites for hydroxylation is 1. The average molecular weight is 354 g/mol. The topological polar surface area (TPSA) is 48.2 Å². The van der Waals surface area contributed by atoms with Gasteiger partial charge in [-0.25, -0.2) is 4.39 Å². The van der Waals surface area contributed by atoms with E-state index in [2.05, 4.69) is 34.0 Å². The highest BCUT2D eigenvalue weighted by Crippen LogP contribution is 2.30. The van der Waals surface area contributed by atoms with Crippen LogP contribution in [0, 0.1) is 5.92 Å². The van der Waals surface area contributed by atoms with Gasteiger partial charge in [-0.3, -0.25) is 0 Å². The number of hydrogen-bond acceptors (Lipinski definition) is 4. The van der Waals surface area contributed by atoms with Crippen molar-refractivity contribution in [3.8, 4) is 11.5 Å². The lowest BCUT2D eigenvalue weighted by Gasteiger charge is -2.21. The largest absolute Gasteiger partial charge is 0.501 e. The van der Waals surface area contributed by atoms with E-state index in [4.69, 9.17) is 4.42 Å². The molecule has 4 nitrogen and oxygen atoms in total. The van der Waals surface area contributed by atoms with E-state index in [9.17, 15) is 4.39 Å². The summed E-state index contributed by atoms with van der Waals surface area (Å²) in [6, 6.07) is 6.29. The second kappa shape index (κ2) is 8.13. The molecule has 1 aromatic heterocycles. The predicted molar refractivity (Wildman–Crippen MR) is 99.9 cm³/mol. The molecule has 0 saturated heterocycles. The van der Waals surface area contributed by atoms with Crippen LogP contribution in [0.25, 0.3) is 17.0 Å². The van der Waals surface area contributed by atoms with Gasteiger partial charge in [-0.15, -0.1) is 10.2 Å². The van der Waals surface area contributed by atoms with Gasteiger partial charge in [-0.2, -0.15) is 0 Å². The third-order valence-corrected chi connectivity index (χ3v) is 4.47. The molecule has 2 aromatic rings. The minimum atomic E-state index is -0.525. The highest BCUT2D eigenvalue weighted by Gasteiger charge is 2.18. The summed E-state index contributed by atoms with van der Waals surface area (Å²) in [5.74, 6) is 0.871. The summed E-state index contributed by atoms with van der Waals surface area (Å²) < 4.78 is 24.2. The van der Waals surface area contributed by atoms with Gasteiger partial charge in [0.25, 0.3) is 0 Å². The third-order valence-electron chi connectivity index (χ3n) is 4.47. The lowest BCUT2D eigenvalue weighted by molar-refractivity contribution is 0.325. The number of nitrogens with zero attached hydrogens (tertiary/aromatic N) is 2. The Morgan fingerprint density at radius 2 is 2.15 bits per heavy atom. The third kappa shape index (κ3) is 4.10. The Bertz CT molecular complexity index is 865. The Labute approximate surface area is 153 Å². The van der Waals surface area contributed by atoms with Crippen LogP contribution in [0.1, 0.15) is 37.3 Å². The summed E-state index contributed by atoms with van der Waals surface area (Å²) in [7, 11) is 1.39. The average Bonchev–Trinajstić information content (AvgIpc) is 3.11. The van der Waals surface area contributed by atoms with E-state index in [1.165, 1.54) is 30.7 Å². The molecular weight excluding hydrogens is 331 g/mol. The summed E-state index contributed by atoms with van der Waals surface area (Å²) in [5.41, 5.74) is 4.13. The van der Waals surface area contributed by atoms with Gasteiger partial charge < -0.3 is 9.15 Å². The van der Waals surface area contributed by atoms with Crippen LogP contribution in [-0.2, 0) is 17.6 Å². The fourth-order valence-corrected chi connectivity index (χ4v) is 3.18. The van der Waals surface area contributed by atoms with Gasteiger partial charge in [0.05, 0.1) is 7.11 Å². The molecule has 1 aliphatic rings. The zero-order valence-corrected chi connectivity index (χ0v) is 15.3. The van der Waals surface area contributed by atoms with E-state index in [-0.39, 0.29) is 5.89 Å². The molecule has 1 heterocycles. The van der Waals surface area contributed by atoms with Crippen LogP contribution in [-0.4, -0.2) is 17.3 Å². The number of ether oxygens (including phenoxy) is 1. The Balaban J connectivity index is 1.91. The molecule has 26 heavy (non-hydrogen) atoms. The van der Waals surface area contributed by atoms with Gasteiger partial charge >= 0.3 is 0 Å². The van der Waals surface area contributed by atoms with E-state index < -0.39 is 5.83 Å². The van der Waals surface area contributed by atoms with Crippen molar-refractivity contribution in [3.05, 3.63) is 65.5 Å². The molecule has 3 rings (SSSR count). The molecule has 1 unspecified atom stereocenters. The van der Waals surface area contributed by atoms with E-state index in [0.717, 1.165) is 24.7 Å². The van der Waals surface area contributed by atoms with Gasteiger partial charge in [-0.05, 0) is 61.4 Å². The molecule has 0 radical (unpaired) electrons. The second-order valence-corrected chi connectivity index (χ2v) is 6.58. The van der Waals surface area contributed by atoms with E-state index >= 15 is 0 Å². The minimum absolute atomic E-state index is 0.267. The van der Waals surface area contributed by atoms with Gasteiger partial charge in [0.2, 0.25) is 11.8 Å². The lowest BCUT2D eigenvalue weighted by atomic mass is 9.84.